The molecule has 1 heterocycles. The molecule has 0 radical (unpaired) electrons. The summed E-state index contributed by atoms with van der Waals surface area (Å²) in [7, 11) is 0. The number of pyridine rings is 1. The maximum absolute atomic E-state index is 10.6. The molecule has 0 saturated carbocycles. The monoisotopic (exact) mass is 170 g/mol. The van der Waals surface area contributed by atoms with Crippen LogP contribution < -0.4 is 5.56 Å². The third kappa shape index (κ3) is 1.48. The topological polar surface area (TPSA) is 96.2 Å². The standard InChI is InChI=1S/C6H6N2O4/c9-3-4-2-7-6(10)1-5(4)8(11)12/h1-2,9H,3H2,(H,7,10). The fraction of sp³-hybridized carbons (Fsp3) is 0.167. The highest BCUT2D eigenvalue weighted by atomic mass is 16.6. The first-order valence-corrected chi connectivity index (χ1v) is 3.12. The second-order valence-electron chi connectivity index (χ2n) is 2.12. The molecule has 0 spiro atoms. The van der Waals surface area contributed by atoms with E-state index in [1.54, 1.807) is 0 Å². The van der Waals surface area contributed by atoms with Crippen molar-refractivity contribution in [3.8, 4) is 0 Å². The van der Waals surface area contributed by atoms with Crippen LogP contribution in [-0.4, -0.2) is 15.0 Å². The number of aromatic amines is 1. The van der Waals surface area contributed by atoms with Crippen molar-refractivity contribution in [3.63, 3.8) is 0 Å². The number of aliphatic hydroxyl groups is 1. The Bertz CT molecular complexity index is 357. The molecule has 1 aromatic heterocycles. The minimum Gasteiger partial charge on any atom is -0.391 e. The average Bonchev–Trinajstić information content (AvgIpc) is 2.04. The molecular formula is C6H6N2O4. The van der Waals surface area contributed by atoms with Gasteiger partial charge in [0, 0.05) is 6.20 Å². The van der Waals surface area contributed by atoms with E-state index in [0.717, 1.165) is 12.3 Å². The van der Waals surface area contributed by atoms with Crippen LogP contribution >= 0.6 is 0 Å². The van der Waals surface area contributed by atoms with Gasteiger partial charge in [0.05, 0.1) is 23.2 Å². The summed E-state index contributed by atoms with van der Waals surface area (Å²) >= 11 is 0. The molecule has 6 nitrogen and oxygen atoms in total. The molecule has 0 aliphatic heterocycles. The highest BCUT2D eigenvalue weighted by Gasteiger charge is 2.12. The van der Waals surface area contributed by atoms with Gasteiger partial charge in [0.25, 0.3) is 11.2 Å². The number of hydrogen-bond acceptors (Lipinski definition) is 4. The number of nitrogens with one attached hydrogen (secondary N) is 1. The minimum atomic E-state index is -0.708. The summed E-state index contributed by atoms with van der Waals surface area (Å²) in [5.74, 6) is 0. The Morgan fingerprint density at radius 1 is 1.67 bits per heavy atom. The normalized spacial score (nSPS) is 9.75. The Labute approximate surface area is 66.6 Å². The number of aromatic nitrogens is 1. The second-order valence-corrected chi connectivity index (χ2v) is 2.12. The summed E-state index contributed by atoms with van der Waals surface area (Å²) in [5, 5.41) is 18.9. The summed E-state index contributed by atoms with van der Waals surface area (Å²) in [5.41, 5.74) is -0.820. The number of nitrogens with zero attached hydrogens (tertiary/aromatic N) is 1. The molecule has 0 saturated heterocycles. The molecule has 0 fully saturated rings. The van der Waals surface area contributed by atoms with Crippen LogP contribution in [0.4, 0.5) is 5.69 Å². The predicted octanol–water partition coefficient (Wildman–Crippen LogP) is -0.225. The number of hydrogen-bond donors (Lipinski definition) is 2. The molecule has 1 aromatic rings. The van der Waals surface area contributed by atoms with Crippen molar-refractivity contribution in [2.45, 2.75) is 6.61 Å². The van der Waals surface area contributed by atoms with Crippen LogP contribution in [-0.2, 0) is 6.61 Å². The van der Waals surface area contributed by atoms with E-state index in [1.165, 1.54) is 0 Å². The van der Waals surface area contributed by atoms with Gasteiger partial charge in [-0.1, -0.05) is 0 Å². The lowest BCUT2D eigenvalue weighted by Crippen LogP contribution is -2.07. The van der Waals surface area contributed by atoms with Gasteiger partial charge in [0.15, 0.2) is 0 Å². The first-order chi connectivity index (χ1) is 5.65. The zero-order chi connectivity index (χ0) is 9.14. The van der Waals surface area contributed by atoms with E-state index in [4.69, 9.17) is 5.11 Å². The van der Waals surface area contributed by atoms with Crippen LogP contribution in [0.3, 0.4) is 0 Å². The maximum Gasteiger partial charge on any atom is 0.281 e. The van der Waals surface area contributed by atoms with Crippen molar-refractivity contribution in [2.75, 3.05) is 0 Å². The van der Waals surface area contributed by atoms with E-state index < -0.39 is 17.1 Å². The Balaban J connectivity index is 3.31. The van der Waals surface area contributed by atoms with E-state index in [-0.39, 0.29) is 11.3 Å². The SMILES string of the molecule is O=c1cc([N+](=O)[O-])c(CO)c[nH]1. The molecule has 0 aliphatic carbocycles. The molecule has 12 heavy (non-hydrogen) atoms. The zero-order valence-corrected chi connectivity index (χ0v) is 5.98. The van der Waals surface area contributed by atoms with Crippen molar-refractivity contribution in [1.82, 2.24) is 4.98 Å². The third-order valence-electron chi connectivity index (χ3n) is 1.35. The van der Waals surface area contributed by atoms with Gasteiger partial charge in [0.1, 0.15) is 0 Å². The fourth-order valence-electron chi connectivity index (χ4n) is 0.787. The van der Waals surface area contributed by atoms with Gasteiger partial charge in [0.2, 0.25) is 0 Å². The smallest absolute Gasteiger partial charge is 0.281 e. The molecule has 6 heteroatoms. The van der Waals surface area contributed by atoms with Gasteiger partial charge < -0.3 is 10.1 Å². The highest BCUT2D eigenvalue weighted by molar-refractivity contribution is 5.36. The van der Waals surface area contributed by atoms with Crippen molar-refractivity contribution >= 4 is 5.69 Å². The molecule has 64 valence electrons. The van der Waals surface area contributed by atoms with Gasteiger partial charge in [-0.3, -0.25) is 14.9 Å². The first-order valence-electron chi connectivity index (χ1n) is 3.12. The van der Waals surface area contributed by atoms with Crippen molar-refractivity contribution in [2.24, 2.45) is 0 Å². The van der Waals surface area contributed by atoms with Crippen molar-refractivity contribution < 1.29 is 10.0 Å². The number of rotatable bonds is 2. The molecule has 0 amide bonds. The molecule has 1 rings (SSSR count). The van der Waals surface area contributed by atoms with Crippen LogP contribution in [0.1, 0.15) is 5.56 Å². The van der Waals surface area contributed by atoms with Crippen LogP contribution in [0.5, 0.6) is 0 Å². The lowest BCUT2D eigenvalue weighted by Gasteiger charge is -1.95. The van der Waals surface area contributed by atoms with E-state index in [1.807, 2.05) is 0 Å². The highest BCUT2D eigenvalue weighted by Crippen LogP contribution is 2.13. The second kappa shape index (κ2) is 3.14. The van der Waals surface area contributed by atoms with Gasteiger partial charge in [-0.2, -0.15) is 0 Å². The predicted molar refractivity (Wildman–Crippen MR) is 39.6 cm³/mol. The van der Waals surface area contributed by atoms with E-state index in [2.05, 4.69) is 4.98 Å². The quantitative estimate of drug-likeness (QED) is 0.473. The van der Waals surface area contributed by atoms with Crippen LogP contribution in [0.15, 0.2) is 17.1 Å². The number of nitro groups is 1. The first kappa shape index (κ1) is 8.41. The van der Waals surface area contributed by atoms with Gasteiger partial charge in [-0.25, -0.2) is 0 Å². The Kier molecular flexibility index (Phi) is 2.20. The number of H-pyrrole nitrogens is 1. The van der Waals surface area contributed by atoms with Gasteiger partial charge in [-0.15, -0.1) is 0 Å². The lowest BCUT2D eigenvalue weighted by atomic mass is 10.2. The van der Waals surface area contributed by atoms with Crippen molar-refractivity contribution in [1.29, 1.82) is 0 Å². The van der Waals surface area contributed by atoms with E-state index in [9.17, 15) is 14.9 Å². The summed E-state index contributed by atoms with van der Waals surface area (Å²) in [4.78, 5) is 22.4. The molecule has 2 N–H and O–H groups in total. The summed E-state index contributed by atoms with van der Waals surface area (Å²) < 4.78 is 0. The molecular weight excluding hydrogens is 164 g/mol. The van der Waals surface area contributed by atoms with Gasteiger partial charge >= 0.3 is 0 Å². The summed E-state index contributed by atoms with van der Waals surface area (Å²) in [6.07, 6.45) is 1.13. The molecule has 0 aliphatic rings. The lowest BCUT2D eigenvalue weighted by molar-refractivity contribution is -0.386. The van der Waals surface area contributed by atoms with Crippen LogP contribution in [0, 0.1) is 10.1 Å². The molecule has 0 bridgehead atoms. The average molecular weight is 170 g/mol. The van der Waals surface area contributed by atoms with Crippen molar-refractivity contribution in [3.05, 3.63) is 38.3 Å². The largest absolute Gasteiger partial charge is 0.391 e. The van der Waals surface area contributed by atoms with E-state index >= 15 is 0 Å². The van der Waals surface area contributed by atoms with E-state index in [0.29, 0.717) is 0 Å². The fourth-order valence-corrected chi connectivity index (χ4v) is 0.787. The zero-order valence-electron chi connectivity index (χ0n) is 5.98. The number of aliphatic hydroxyl groups excluding tert-OH is 1. The summed E-state index contributed by atoms with van der Waals surface area (Å²) in [6, 6.07) is 0.839. The molecule has 0 unspecified atom stereocenters. The Morgan fingerprint density at radius 2 is 2.33 bits per heavy atom. The molecule has 0 aromatic carbocycles. The molecule has 0 atom stereocenters. The third-order valence-corrected chi connectivity index (χ3v) is 1.35. The Hall–Kier alpha value is -1.69. The maximum atomic E-state index is 10.6. The summed E-state index contributed by atoms with van der Waals surface area (Å²) in [6.45, 7) is -0.465. The minimum absolute atomic E-state index is 0.0969. The van der Waals surface area contributed by atoms with Crippen LogP contribution in [0.2, 0.25) is 0 Å². The van der Waals surface area contributed by atoms with Gasteiger partial charge in [-0.05, 0) is 0 Å². The Morgan fingerprint density at radius 3 is 2.83 bits per heavy atom. The van der Waals surface area contributed by atoms with Crippen LogP contribution in [0.25, 0.3) is 0 Å².